The molecule has 0 atom stereocenters. The number of thiophene rings is 1. The fourth-order valence-electron chi connectivity index (χ4n) is 3.53. The number of hydrogen-bond donors (Lipinski definition) is 2. The number of aliphatic hydroxyl groups is 1. The SMILES string of the molecule is CCc1ccc(-c2c(CO)cc(C)c3[nH]c(=O)c4sccc4c23)cc1. The van der Waals surface area contributed by atoms with Crippen LogP contribution in [0, 0.1) is 6.92 Å². The Morgan fingerprint density at radius 3 is 2.60 bits per heavy atom. The maximum Gasteiger partial charge on any atom is 0.266 e. The van der Waals surface area contributed by atoms with E-state index in [-0.39, 0.29) is 12.2 Å². The normalized spacial score (nSPS) is 11.5. The summed E-state index contributed by atoms with van der Waals surface area (Å²) in [5, 5.41) is 13.9. The van der Waals surface area contributed by atoms with Crippen LogP contribution in [0.1, 0.15) is 23.6 Å². The first kappa shape index (κ1) is 16.1. The summed E-state index contributed by atoms with van der Waals surface area (Å²) < 4.78 is 0.730. The molecule has 126 valence electrons. The summed E-state index contributed by atoms with van der Waals surface area (Å²) >= 11 is 1.45. The minimum atomic E-state index is -0.0513. The second-order valence-electron chi connectivity index (χ2n) is 6.30. The van der Waals surface area contributed by atoms with Crippen LogP contribution in [0.3, 0.4) is 0 Å². The third-order valence-corrected chi connectivity index (χ3v) is 5.72. The lowest BCUT2D eigenvalue weighted by Crippen LogP contribution is -2.07. The van der Waals surface area contributed by atoms with Gasteiger partial charge in [-0.1, -0.05) is 37.3 Å². The first-order valence-corrected chi connectivity index (χ1v) is 9.27. The highest BCUT2D eigenvalue weighted by atomic mass is 32.1. The second-order valence-corrected chi connectivity index (χ2v) is 7.22. The summed E-state index contributed by atoms with van der Waals surface area (Å²) in [6.07, 6.45) is 0.990. The fourth-order valence-corrected chi connectivity index (χ4v) is 4.33. The Hall–Kier alpha value is -2.43. The lowest BCUT2D eigenvalue weighted by molar-refractivity contribution is 0.282. The van der Waals surface area contributed by atoms with Crippen molar-refractivity contribution in [3.05, 3.63) is 68.8 Å². The Morgan fingerprint density at radius 1 is 1.16 bits per heavy atom. The molecular formula is C21H19NO2S. The van der Waals surface area contributed by atoms with Gasteiger partial charge in [0.25, 0.3) is 5.56 Å². The van der Waals surface area contributed by atoms with E-state index in [2.05, 4.69) is 36.2 Å². The van der Waals surface area contributed by atoms with E-state index in [0.29, 0.717) is 0 Å². The van der Waals surface area contributed by atoms with Crippen LogP contribution in [0.15, 0.2) is 46.6 Å². The van der Waals surface area contributed by atoms with Crippen molar-refractivity contribution in [1.82, 2.24) is 4.98 Å². The Bertz CT molecular complexity index is 1140. The molecule has 0 unspecified atom stereocenters. The van der Waals surface area contributed by atoms with E-state index in [1.165, 1.54) is 16.9 Å². The molecule has 2 N–H and O–H groups in total. The van der Waals surface area contributed by atoms with Gasteiger partial charge in [-0.15, -0.1) is 11.3 Å². The summed E-state index contributed by atoms with van der Waals surface area (Å²) in [7, 11) is 0. The zero-order chi connectivity index (χ0) is 17.6. The van der Waals surface area contributed by atoms with Gasteiger partial charge in [-0.05, 0) is 52.6 Å². The van der Waals surface area contributed by atoms with Gasteiger partial charge in [0, 0.05) is 10.8 Å². The van der Waals surface area contributed by atoms with Crippen LogP contribution >= 0.6 is 11.3 Å². The molecule has 3 nitrogen and oxygen atoms in total. The molecule has 4 aromatic rings. The molecule has 0 amide bonds. The molecule has 0 aliphatic heterocycles. The van der Waals surface area contributed by atoms with Crippen molar-refractivity contribution in [3.8, 4) is 11.1 Å². The van der Waals surface area contributed by atoms with Gasteiger partial charge in [-0.2, -0.15) is 0 Å². The van der Waals surface area contributed by atoms with Gasteiger partial charge in [0.05, 0.1) is 12.1 Å². The largest absolute Gasteiger partial charge is 0.392 e. The number of aromatic amines is 1. The van der Waals surface area contributed by atoms with Crippen LogP contribution < -0.4 is 5.56 Å². The molecule has 2 aromatic carbocycles. The Labute approximate surface area is 149 Å². The van der Waals surface area contributed by atoms with Crippen LogP contribution in [-0.2, 0) is 13.0 Å². The number of aliphatic hydroxyl groups excluding tert-OH is 1. The van der Waals surface area contributed by atoms with Crippen molar-refractivity contribution < 1.29 is 5.11 Å². The van der Waals surface area contributed by atoms with Gasteiger partial charge >= 0.3 is 0 Å². The second kappa shape index (κ2) is 6.14. The average Bonchev–Trinajstić information content (AvgIpc) is 3.13. The van der Waals surface area contributed by atoms with Crippen molar-refractivity contribution in [3.63, 3.8) is 0 Å². The number of H-pyrrole nitrogens is 1. The van der Waals surface area contributed by atoms with Crippen molar-refractivity contribution in [2.75, 3.05) is 0 Å². The Kier molecular flexibility index (Phi) is 3.94. The van der Waals surface area contributed by atoms with E-state index in [9.17, 15) is 9.90 Å². The summed E-state index contributed by atoms with van der Waals surface area (Å²) in [5.74, 6) is 0. The Balaban J connectivity index is 2.19. The molecule has 0 bridgehead atoms. The lowest BCUT2D eigenvalue weighted by atomic mass is 9.91. The van der Waals surface area contributed by atoms with Crippen LogP contribution in [0.4, 0.5) is 0 Å². The maximum absolute atomic E-state index is 12.4. The summed E-state index contributed by atoms with van der Waals surface area (Å²) in [4.78, 5) is 15.4. The molecule has 0 saturated heterocycles. The maximum atomic E-state index is 12.4. The van der Waals surface area contributed by atoms with E-state index in [4.69, 9.17) is 0 Å². The third-order valence-electron chi connectivity index (χ3n) is 4.81. The lowest BCUT2D eigenvalue weighted by Gasteiger charge is -2.15. The van der Waals surface area contributed by atoms with E-state index < -0.39 is 0 Å². The molecular weight excluding hydrogens is 330 g/mol. The Morgan fingerprint density at radius 2 is 1.92 bits per heavy atom. The van der Waals surface area contributed by atoms with Crippen LogP contribution in [0.2, 0.25) is 0 Å². The van der Waals surface area contributed by atoms with Crippen molar-refractivity contribution in [1.29, 1.82) is 0 Å². The minimum Gasteiger partial charge on any atom is -0.392 e. The van der Waals surface area contributed by atoms with Crippen molar-refractivity contribution >= 4 is 32.3 Å². The van der Waals surface area contributed by atoms with Gasteiger partial charge in [0.15, 0.2) is 0 Å². The number of hydrogen-bond acceptors (Lipinski definition) is 3. The van der Waals surface area contributed by atoms with Gasteiger partial charge < -0.3 is 10.1 Å². The first-order chi connectivity index (χ1) is 12.1. The number of rotatable bonds is 3. The zero-order valence-electron chi connectivity index (χ0n) is 14.2. The summed E-state index contributed by atoms with van der Waals surface area (Å²) in [5.41, 5.74) is 6.00. The van der Waals surface area contributed by atoms with Gasteiger partial charge in [-0.3, -0.25) is 4.79 Å². The van der Waals surface area contributed by atoms with Crippen molar-refractivity contribution in [2.24, 2.45) is 0 Å². The molecule has 2 aromatic heterocycles. The smallest absolute Gasteiger partial charge is 0.266 e. The van der Waals surface area contributed by atoms with Crippen LogP contribution in [0.5, 0.6) is 0 Å². The fraction of sp³-hybridized carbons (Fsp3) is 0.190. The molecule has 2 heterocycles. The molecule has 0 aliphatic carbocycles. The minimum absolute atomic E-state index is 0.0353. The molecule has 25 heavy (non-hydrogen) atoms. The summed E-state index contributed by atoms with van der Waals surface area (Å²) in [6, 6.07) is 12.4. The molecule has 0 spiro atoms. The third kappa shape index (κ3) is 2.49. The van der Waals surface area contributed by atoms with Crippen LogP contribution in [-0.4, -0.2) is 10.1 Å². The monoisotopic (exact) mass is 349 g/mol. The average molecular weight is 349 g/mol. The van der Waals surface area contributed by atoms with E-state index in [1.54, 1.807) is 0 Å². The molecule has 0 fully saturated rings. The molecule has 0 radical (unpaired) electrons. The van der Waals surface area contributed by atoms with E-state index >= 15 is 0 Å². The first-order valence-electron chi connectivity index (χ1n) is 8.40. The predicted octanol–water partition coefficient (Wildman–Crippen LogP) is 4.77. The summed E-state index contributed by atoms with van der Waals surface area (Å²) in [6.45, 7) is 4.07. The number of aromatic nitrogens is 1. The van der Waals surface area contributed by atoms with Gasteiger partial charge in [0.1, 0.15) is 4.70 Å². The molecule has 0 aliphatic rings. The molecule has 0 saturated carbocycles. The highest BCUT2D eigenvalue weighted by molar-refractivity contribution is 7.17. The molecule has 4 rings (SSSR count). The highest BCUT2D eigenvalue weighted by Crippen LogP contribution is 2.38. The van der Waals surface area contributed by atoms with Gasteiger partial charge in [0.2, 0.25) is 0 Å². The van der Waals surface area contributed by atoms with Gasteiger partial charge in [-0.25, -0.2) is 0 Å². The highest BCUT2D eigenvalue weighted by Gasteiger charge is 2.17. The van der Waals surface area contributed by atoms with E-state index in [0.717, 1.165) is 49.7 Å². The number of aryl methyl sites for hydroxylation is 2. The van der Waals surface area contributed by atoms with E-state index in [1.807, 2.05) is 24.4 Å². The topological polar surface area (TPSA) is 53.1 Å². The number of fused-ring (bicyclic) bond motifs is 3. The van der Waals surface area contributed by atoms with Crippen LogP contribution in [0.25, 0.3) is 32.1 Å². The standard InChI is InChI=1S/C21H19NO2S/c1-3-13-4-6-14(7-5-13)17-15(11-23)10-12(2)19-18(17)16-8-9-25-20(16)21(24)22-19/h4-10,23H,3,11H2,1-2H3,(H,22,24). The number of benzene rings is 2. The number of nitrogens with one attached hydrogen (secondary N) is 1. The quantitative estimate of drug-likeness (QED) is 0.559. The van der Waals surface area contributed by atoms with Crippen molar-refractivity contribution in [2.45, 2.75) is 26.9 Å². The zero-order valence-corrected chi connectivity index (χ0v) is 15.0. The number of pyridine rings is 1. The molecule has 4 heteroatoms. The predicted molar refractivity (Wildman–Crippen MR) is 105 cm³/mol.